The third-order valence-corrected chi connectivity index (χ3v) is 4.42. The van der Waals surface area contributed by atoms with Crippen LogP contribution < -0.4 is 10.2 Å². The van der Waals surface area contributed by atoms with Crippen molar-refractivity contribution in [2.75, 3.05) is 38.1 Å². The Morgan fingerprint density at radius 2 is 2.15 bits per heavy atom. The zero-order chi connectivity index (χ0) is 14.5. The largest absolute Gasteiger partial charge is 0.366 e. The van der Waals surface area contributed by atoms with Crippen molar-refractivity contribution in [1.82, 2.24) is 10.2 Å². The van der Waals surface area contributed by atoms with E-state index in [4.69, 9.17) is 0 Å². The molecule has 0 bridgehead atoms. The van der Waals surface area contributed by atoms with Gasteiger partial charge in [0.05, 0.1) is 0 Å². The Balaban J connectivity index is 2.17. The molecule has 1 aromatic rings. The van der Waals surface area contributed by atoms with Crippen LogP contribution in [0.3, 0.4) is 0 Å². The topological polar surface area (TPSA) is 18.5 Å². The van der Waals surface area contributed by atoms with Gasteiger partial charge in [-0.25, -0.2) is 0 Å². The molecule has 1 fully saturated rings. The predicted molar refractivity (Wildman–Crippen MR) is 90.4 cm³/mol. The van der Waals surface area contributed by atoms with E-state index in [1.165, 1.54) is 17.7 Å². The van der Waals surface area contributed by atoms with Gasteiger partial charge >= 0.3 is 0 Å². The number of anilines is 1. The highest BCUT2D eigenvalue weighted by molar-refractivity contribution is 9.10. The molecule has 1 N–H and O–H groups in total. The Morgan fingerprint density at radius 1 is 1.35 bits per heavy atom. The minimum atomic E-state index is 0.563. The van der Waals surface area contributed by atoms with Crippen molar-refractivity contribution in [2.45, 2.75) is 32.9 Å². The van der Waals surface area contributed by atoms with Crippen LogP contribution in [0.2, 0.25) is 0 Å². The number of nitrogens with one attached hydrogen (secondary N) is 1. The van der Waals surface area contributed by atoms with E-state index in [1.54, 1.807) is 0 Å². The fourth-order valence-corrected chi connectivity index (χ4v) is 3.20. The van der Waals surface area contributed by atoms with Gasteiger partial charge in [-0.15, -0.1) is 0 Å². The number of benzene rings is 1. The zero-order valence-electron chi connectivity index (χ0n) is 12.8. The molecule has 20 heavy (non-hydrogen) atoms. The van der Waals surface area contributed by atoms with Gasteiger partial charge in [-0.3, -0.25) is 0 Å². The summed E-state index contributed by atoms with van der Waals surface area (Å²) in [5.74, 6) is 0. The molecule has 1 unspecified atom stereocenters. The van der Waals surface area contributed by atoms with Gasteiger partial charge in [-0.1, -0.05) is 28.9 Å². The lowest BCUT2D eigenvalue weighted by atomic mass is 10.1. The van der Waals surface area contributed by atoms with E-state index in [2.05, 4.69) is 70.1 Å². The highest BCUT2D eigenvalue weighted by Gasteiger charge is 2.23. The molecule has 4 heteroatoms. The van der Waals surface area contributed by atoms with Crippen molar-refractivity contribution < 1.29 is 0 Å². The van der Waals surface area contributed by atoms with Crippen molar-refractivity contribution >= 4 is 21.6 Å². The fourth-order valence-electron chi connectivity index (χ4n) is 2.85. The summed E-state index contributed by atoms with van der Waals surface area (Å²) in [6.07, 6.45) is 1.18. The van der Waals surface area contributed by atoms with Gasteiger partial charge in [0.2, 0.25) is 0 Å². The average molecular weight is 340 g/mol. The van der Waals surface area contributed by atoms with Crippen molar-refractivity contribution in [3.05, 3.63) is 28.2 Å². The number of likely N-dealkylation sites (N-methyl/N-ethyl adjacent to an activating group) is 1. The standard InChI is InChI=1S/C16H26BrN3/c1-4-7-18-11-14-5-6-15(17)10-16(14)20-9-8-19(3)12-13(20)2/h5-6,10,13,18H,4,7-9,11-12H2,1-3H3. The van der Waals surface area contributed by atoms with Crippen molar-refractivity contribution in [3.8, 4) is 0 Å². The number of hydrogen-bond acceptors (Lipinski definition) is 3. The first-order chi connectivity index (χ1) is 9.61. The molecule has 0 aromatic heterocycles. The molecule has 1 aliphatic rings. The van der Waals surface area contributed by atoms with Crippen LogP contribution in [0, 0.1) is 0 Å². The maximum Gasteiger partial charge on any atom is 0.0426 e. The Hall–Kier alpha value is -0.580. The van der Waals surface area contributed by atoms with Gasteiger partial charge in [-0.2, -0.15) is 0 Å². The van der Waals surface area contributed by atoms with Gasteiger partial charge < -0.3 is 15.1 Å². The Kier molecular flexibility index (Phi) is 5.87. The Bertz CT molecular complexity index is 436. The minimum absolute atomic E-state index is 0.563. The van der Waals surface area contributed by atoms with Gasteiger partial charge in [0.15, 0.2) is 0 Å². The van der Waals surface area contributed by atoms with Gasteiger partial charge in [0, 0.05) is 42.4 Å². The van der Waals surface area contributed by atoms with E-state index in [0.717, 1.165) is 37.2 Å². The molecule has 3 nitrogen and oxygen atoms in total. The number of halogens is 1. The lowest BCUT2D eigenvalue weighted by Crippen LogP contribution is -2.50. The number of piperazine rings is 1. The van der Waals surface area contributed by atoms with E-state index in [0.29, 0.717) is 6.04 Å². The highest BCUT2D eigenvalue weighted by atomic mass is 79.9. The van der Waals surface area contributed by atoms with E-state index in [-0.39, 0.29) is 0 Å². The number of rotatable bonds is 5. The first-order valence-corrected chi connectivity index (χ1v) is 8.35. The molecule has 0 spiro atoms. The van der Waals surface area contributed by atoms with Crippen LogP contribution in [0.15, 0.2) is 22.7 Å². The van der Waals surface area contributed by atoms with Crippen LogP contribution in [0.5, 0.6) is 0 Å². The first-order valence-electron chi connectivity index (χ1n) is 7.56. The van der Waals surface area contributed by atoms with Crippen LogP contribution in [0.25, 0.3) is 0 Å². The molecule has 1 aliphatic heterocycles. The second-order valence-corrected chi connectivity index (χ2v) is 6.67. The number of nitrogens with zero attached hydrogens (tertiary/aromatic N) is 2. The summed E-state index contributed by atoms with van der Waals surface area (Å²) < 4.78 is 1.16. The molecule has 1 saturated heterocycles. The van der Waals surface area contributed by atoms with Crippen molar-refractivity contribution in [2.24, 2.45) is 0 Å². The SMILES string of the molecule is CCCNCc1ccc(Br)cc1N1CCN(C)CC1C. The molecular formula is C16H26BrN3. The molecule has 0 saturated carbocycles. The molecular weight excluding hydrogens is 314 g/mol. The van der Waals surface area contributed by atoms with Crippen LogP contribution in [-0.4, -0.2) is 44.2 Å². The average Bonchev–Trinajstić information content (AvgIpc) is 2.41. The third-order valence-electron chi connectivity index (χ3n) is 3.93. The second kappa shape index (κ2) is 7.43. The molecule has 1 aromatic carbocycles. The van der Waals surface area contributed by atoms with E-state index in [1.807, 2.05) is 0 Å². The summed E-state index contributed by atoms with van der Waals surface area (Å²) in [5.41, 5.74) is 2.78. The lowest BCUT2D eigenvalue weighted by Gasteiger charge is -2.40. The molecule has 2 rings (SSSR count). The Morgan fingerprint density at radius 3 is 2.85 bits per heavy atom. The second-order valence-electron chi connectivity index (χ2n) is 5.75. The fraction of sp³-hybridized carbons (Fsp3) is 0.625. The van der Waals surface area contributed by atoms with Gasteiger partial charge in [0.25, 0.3) is 0 Å². The summed E-state index contributed by atoms with van der Waals surface area (Å²) >= 11 is 3.62. The van der Waals surface area contributed by atoms with Gasteiger partial charge in [-0.05, 0) is 44.6 Å². The van der Waals surface area contributed by atoms with Crippen molar-refractivity contribution in [3.63, 3.8) is 0 Å². The monoisotopic (exact) mass is 339 g/mol. The zero-order valence-corrected chi connectivity index (χ0v) is 14.4. The quantitative estimate of drug-likeness (QED) is 0.831. The third kappa shape index (κ3) is 3.96. The molecule has 0 amide bonds. The lowest BCUT2D eigenvalue weighted by molar-refractivity contribution is 0.275. The maximum absolute atomic E-state index is 3.62. The highest BCUT2D eigenvalue weighted by Crippen LogP contribution is 2.28. The van der Waals surface area contributed by atoms with E-state index < -0.39 is 0 Å². The van der Waals surface area contributed by atoms with Gasteiger partial charge in [0.1, 0.15) is 0 Å². The van der Waals surface area contributed by atoms with Crippen LogP contribution in [0.1, 0.15) is 25.8 Å². The summed E-state index contributed by atoms with van der Waals surface area (Å²) in [5, 5.41) is 3.52. The normalized spacial score (nSPS) is 20.4. The summed E-state index contributed by atoms with van der Waals surface area (Å²) in [6, 6.07) is 7.22. The molecule has 0 aliphatic carbocycles. The van der Waals surface area contributed by atoms with E-state index in [9.17, 15) is 0 Å². The maximum atomic E-state index is 3.62. The van der Waals surface area contributed by atoms with Crippen molar-refractivity contribution in [1.29, 1.82) is 0 Å². The van der Waals surface area contributed by atoms with Crippen LogP contribution in [-0.2, 0) is 6.54 Å². The predicted octanol–water partition coefficient (Wildman–Crippen LogP) is 3.09. The number of hydrogen-bond donors (Lipinski definition) is 1. The van der Waals surface area contributed by atoms with Crippen LogP contribution in [0.4, 0.5) is 5.69 Å². The molecule has 0 radical (unpaired) electrons. The molecule has 112 valence electrons. The van der Waals surface area contributed by atoms with Crippen LogP contribution >= 0.6 is 15.9 Å². The summed E-state index contributed by atoms with van der Waals surface area (Å²) in [4.78, 5) is 4.96. The molecule has 1 atom stereocenters. The van der Waals surface area contributed by atoms with E-state index >= 15 is 0 Å². The summed E-state index contributed by atoms with van der Waals surface area (Å²) in [6.45, 7) is 9.93. The Labute approximate surface area is 131 Å². The first kappa shape index (κ1) is 15.8. The smallest absolute Gasteiger partial charge is 0.0426 e. The minimum Gasteiger partial charge on any atom is -0.366 e. The summed E-state index contributed by atoms with van der Waals surface area (Å²) in [7, 11) is 2.21. The molecule has 1 heterocycles.